The van der Waals surface area contributed by atoms with Crippen molar-refractivity contribution in [1.82, 2.24) is 10.4 Å². The zero-order chi connectivity index (χ0) is 19.1. The van der Waals surface area contributed by atoms with Gasteiger partial charge in [-0.3, -0.25) is 4.79 Å². The number of nitrogens with one attached hydrogen (secondary N) is 1. The third-order valence-corrected chi connectivity index (χ3v) is 4.77. The van der Waals surface area contributed by atoms with E-state index in [1.54, 1.807) is 13.1 Å². The fourth-order valence-corrected chi connectivity index (χ4v) is 3.15. The summed E-state index contributed by atoms with van der Waals surface area (Å²) in [5, 5.41) is 4.34. The third kappa shape index (κ3) is 5.39. The van der Waals surface area contributed by atoms with Crippen molar-refractivity contribution in [3.63, 3.8) is 0 Å². The van der Waals surface area contributed by atoms with Gasteiger partial charge in [0.2, 0.25) is 0 Å². The zero-order valence-electron chi connectivity index (χ0n) is 14.9. The summed E-state index contributed by atoms with van der Waals surface area (Å²) in [7, 11) is 0. The first kappa shape index (κ1) is 18.6. The molecule has 6 nitrogen and oxygen atoms in total. The minimum Gasteiger partial charge on any atom is -0.493 e. The van der Waals surface area contributed by atoms with Gasteiger partial charge in [-0.05, 0) is 42.3 Å². The maximum Gasteiger partial charge on any atom is 0.283 e. The van der Waals surface area contributed by atoms with Crippen LogP contribution in [-0.2, 0) is 6.42 Å². The minimum atomic E-state index is -0.321. The molecule has 0 spiro atoms. The zero-order valence-corrected chi connectivity index (χ0v) is 15.7. The number of benzene rings is 2. The van der Waals surface area contributed by atoms with Crippen molar-refractivity contribution in [2.24, 2.45) is 5.10 Å². The summed E-state index contributed by atoms with van der Waals surface area (Å²) in [5.41, 5.74) is 10.8. The number of aryl methyl sites for hydroxylation is 1. The molecule has 0 fully saturated rings. The van der Waals surface area contributed by atoms with Crippen LogP contribution in [0, 0.1) is 6.92 Å². The fourth-order valence-electron chi connectivity index (χ4n) is 2.43. The molecular formula is C20H20N4O2S. The molecule has 1 amide bonds. The second-order valence-electron chi connectivity index (χ2n) is 5.82. The SMILES string of the molecule is Cc1nc(N)sc1C(=O)N/N=C/c1ccc(OCCc2ccccc2)cc1. The highest BCUT2D eigenvalue weighted by Crippen LogP contribution is 2.19. The molecule has 1 aromatic heterocycles. The number of rotatable bonds is 7. The van der Waals surface area contributed by atoms with Gasteiger partial charge in [0, 0.05) is 6.42 Å². The van der Waals surface area contributed by atoms with Crippen LogP contribution < -0.4 is 15.9 Å². The van der Waals surface area contributed by atoms with Gasteiger partial charge in [0.15, 0.2) is 5.13 Å². The number of ether oxygens (including phenoxy) is 1. The van der Waals surface area contributed by atoms with Gasteiger partial charge in [0.25, 0.3) is 5.91 Å². The first-order valence-electron chi connectivity index (χ1n) is 8.45. The maximum atomic E-state index is 12.0. The Morgan fingerprint density at radius 2 is 1.96 bits per heavy atom. The number of hydrogen-bond acceptors (Lipinski definition) is 6. The minimum absolute atomic E-state index is 0.321. The first-order valence-corrected chi connectivity index (χ1v) is 9.26. The van der Waals surface area contributed by atoms with E-state index >= 15 is 0 Å². The smallest absolute Gasteiger partial charge is 0.283 e. The molecule has 0 aliphatic heterocycles. The van der Waals surface area contributed by atoms with Crippen molar-refractivity contribution in [3.05, 3.63) is 76.3 Å². The molecule has 0 aliphatic rings. The monoisotopic (exact) mass is 380 g/mol. The number of aromatic nitrogens is 1. The fraction of sp³-hybridized carbons (Fsp3) is 0.150. The summed E-state index contributed by atoms with van der Waals surface area (Å²) in [4.78, 5) is 16.5. The number of anilines is 1. The quantitative estimate of drug-likeness (QED) is 0.485. The summed E-state index contributed by atoms with van der Waals surface area (Å²) >= 11 is 1.14. The molecule has 3 rings (SSSR count). The average Bonchev–Trinajstić information content (AvgIpc) is 3.02. The van der Waals surface area contributed by atoms with E-state index in [0.29, 0.717) is 22.3 Å². The molecule has 3 N–H and O–H groups in total. The van der Waals surface area contributed by atoms with Gasteiger partial charge in [0.05, 0.1) is 18.5 Å². The Bertz CT molecular complexity index is 921. The van der Waals surface area contributed by atoms with Crippen LogP contribution >= 0.6 is 11.3 Å². The van der Waals surface area contributed by atoms with Gasteiger partial charge < -0.3 is 10.5 Å². The number of nitrogens with two attached hydrogens (primary N) is 1. The van der Waals surface area contributed by atoms with Crippen molar-refractivity contribution >= 4 is 28.6 Å². The lowest BCUT2D eigenvalue weighted by Gasteiger charge is -2.06. The maximum absolute atomic E-state index is 12.0. The Morgan fingerprint density at radius 3 is 2.63 bits per heavy atom. The lowest BCUT2D eigenvalue weighted by atomic mass is 10.2. The van der Waals surface area contributed by atoms with Gasteiger partial charge in [-0.2, -0.15) is 5.10 Å². The second-order valence-corrected chi connectivity index (χ2v) is 6.85. The summed E-state index contributed by atoms with van der Waals surface area (Å²) in [6.07, 6.45) is 2.43. The van der Waals surface area contributed by atoms with E-state index in [4.69, 9.17) is 10.5 Å². The number of hydrazone groups is 1. The van der Waals surface area contributed by atoms with E-state index in [-0.39, 0.29) is 5.91 Å². The number of nitrogens with zero attached hydrogens (tertiary/aromatic N) is 2. The summed E-state index contributed by atoms with van der Waals surface area (Å²) in [5.74, 6) is 0.474. The second kappa shape index (κ2) is 8.95. The van der Waals surface area contributed by atoms with Crippen LogP contribution in [0.1, 0.15) is 26.5 Å². The predicted octanol–water partition coefficient (Wildman–Crippen LogP) is 3.42. The number of carbonyl (C=O) groups is 1. The first-order chi connectivity index (χ1) is 13.1. The number of amides is 1. The van der Waals surface area contributed by atoms with Gasteiger partial charge in [-0.25, -0.2) is 10.4 Å². The molecule has 138 valence electrons. The molecule has 0 aliphatic carbocycles. The number of thiazole rings is 1. The molecule has 7 heteroatoms. The van der Waals surface area contributed by atoms with Gasteiger partial charge in [-0.1, -0.05) is 41.7 Å². The highest BCUT2D eigenvalue weighted by Gasteiger charge is 2.13. The van der Waals surface area contributed by atoms with E-state index in [1.807, 2.05) is 42.5 Å². The van der Waals surface area contributed by atoms with Crippen molar-refractivity contribution in [1.29, 1.82) is 0 Å². The topological polar surface area (TPSA) is 89.6 Å². The van der Waals surface area contributed by atoms with Crippen molar-refractivity contribution in [3.8, 4) is 5.75 Å². The normalized spacial score (nSPS) is 10.9. The Morgan fingerprint density at radius 1 is 1.22 bits per heavy atom. The molecule has 0 unspecified atom stereocenters. The van der Waals surface area contributed by atoms with Crippen LogP contribution in [0.15, 0.2) is 59.7 Å². The summed E-state index contributed by atoms with van der Waals surface area (Å²) in [6, 6.07) is 17.7. The molecule has 27 heavy (non-hydrogen) atoms. The van der Waals surface area contributed by atoms with Gasteiger partial charge >= 0.3 is 0 Å². The molecule has 0 saturated heterocycles. The Hall–Kier alpha value is -3.19. The molecule has 0 atom stereocenters. The summed E-state index contributed by atoms with van der Waals surface area (Å²) < 4.78 is 5.75. The van der Waals surface area contributed by atoms with Crippen molar-refractivity contribution in [2.75, 3.05) is 12.3 Å². The number of nitrogen functional groups attached to an aromatic ring is 1. The standard InChI is InChI=1S/C20H20N4O2S/c1-14-18(27-20(21)23-14)19(25)24-22-13-16-7-9-17(10-8-16)26-12-11-15-5-3-2-4-6-15/h2-10,13H,11-12H2,1H3,(H2,21,23)(H,24,25)/b22-13+. The van der Waals surface area contributed by atoms with Crippen LogP contribution in [0.25, 0.3) is 0 Å². The van der Waals surface area contributed by atoms with Crippen molar-refractivity contribution < 1.29 is 9.53 Å². The molecule has 1 heterocycles. The molecule has 3 aromatic rings. The Labute approximate surface area is 161 Å². The van der Waals surface area contributed by atoms with E-state index in [9.17, 15) is 4.79 Å². The predicted molar refractivity (Wildman–Crippen MR) is 108 cm³/mol. The van der Waals surface area contributed by atoms with Crippen LogP contribution in [0.4, 0.5) is 5.13 Å². The summed E-state index contributed by atoms with van der Waals surface area (Å²) in [6.45, 7) is 2.35. The van der Waals surface area contributed by atoms with Crippen molar-refractivity contribution in [2.45, 2.75) is 13.3 Å². The van der Waals surface area contributed by atoms with E-state index in [2.05, 4.69) is 27.6 Å². The van der Waals surface area contributed by atoms with Crippen LogP contribution in [-0.4, -0.2) is 23.7 Å². The highest BCUT2D eigenvalue weighted by molar-refractivity contribution is 7.17. The van der Waals surface area contributed by atoms with Crippen LogP contribution in [0.3, 0.4) is 0 Å². The van der Waals surface area contributed by atoms with Gasteiger partial charge in [-0.15, -0.1) is 0 Å². The largest absolute Gasteiger partial charge is 0.493 e. The van der Waals surface area contributed by atoms with E-state index in [1.165, 1.54) is 5.56 Å². The lowest BCUT2D eigenvalue weighted by Crippen LogP contribution is -2.17. The molecule has 2 aromatic carbocycles. The van der Waals surface area contributed by atoms with Gasteiger partial charge in [0.1, 0.15) is 10.6 Å². The lowest BCUT2D eigenvalue weighted by molar-refractivity contribution is 0.0958. The van der Waals surface area contributed by atoms with E-state index in [0.717, 1.165) is 29.1 Å². The Kier molecular flexibility index (Phi) is 6.17. The van der Waals surface area contributed by atoms with Crippen LogP contribution in [0.5, 0.6) is 5.75 Å². The average molecular weight is 380 g/mol. The molecule has 0 radical (unpaired) electrons. The number of carbonyl (C=O) groups excluding carboxylic acids is 1. The Balaban J connectivity index is 1.47. The number of hydrogen-bond donors (Lipinski definition) is 2. The molecule has 0 bridgehead atoms. The molecule has 0 saturated carbocycles. The highest BCUT2D eigenvalue weighted by atomic mass is 32.1. The molecular weight excluding hydrogens is 360 g/mol. The van der Waals surface area contributed by atoms with Crippen LogP contribution in [0.2, 0.25) is 0 Å². The third-order valence-electron chi connectivity index (χ3n) is 3.78. The van der Waals surface area contributed by atoms with E-state index < -0.39 is 0 Å².